The smallest absolute Gasteiger partial charge is 0.125 e. The van der Waals surface area contributed by atoms with Crippen LogP contribution in [0.4, 0.5) is 10.1 Å². The van der Waals surface area contributed by atoms with Crippen molar-refractivity contribution in [2.24, 2.45) is 0 Å². The molecule has 16 heavy (non-hydrogen) atoms. The SMILES string of the molecule is Cc1cccc(Sc2ccc(F)cc2N)c1. The lowest BCUT2D eigenvalue weighted by molar-refractivity contribution is 0.627. The van der Waals surface area contributed by atoms with E-state index in [0.29, 0.717) is 5.69 Å². The Balaban J connectivity index is 2.27. The van der Waals surface area contributed by atoms with Crippen LogP contribution in [-0.4, -0.2) is 0 Å². The molecule has 0 spiro atoms. The van der Waals surface area contributed by atoms with Crippen LogP contribution in [-0.2, 0) is 0 Å². The number of halogens is 1. The molecule has 0 aromatic heterocycles. The fourth-order valence-corrected chi connectivity index (χ4v) is 2.38. The Hall–Kier alpha value is -1.48. The third kappa shape index (κ3) is 2.55. The molecule has 2 rings (SSSR count). The standard InChI is InChI=1S/C13H12FNS/c1-9-3-2-4-11(7-9)16-13-6-5-10(14)8-12(13)15/h2-8H,15H2,1H3. The Labute approximate surface area is 98.5 Å². The first-order valence-electron chi connectivity index (χ1n) is 4.95. The number of nitrogens with two attached hydrogens (primary N) is 1. The molecule has 0 saturated carbocycles. The molecule has 0 heterocycles. The fourth-order valence-electron chi connectivity index (χ4n) is 1.42. The van der Waals surface area contributed by atoms with Gasteiger partial charge in [-0.2, -0.15) is 0 Å². The van der Waals surface area contributed by atoms with Crippen LogP contribution < -0.4 is 5.73 Å². The van der Waals surface area contributed by atoms with E-state index in [1.54, 1.807) is 17.8 Å². The van der Waals surface area contributed by atoms with Gasteiger partial charge in [0.2, 0.25) is 0 Å². The summed E-state index contributed by atoms with van der Waals surface area (Å²) >= 11 is 1.55. The maximum absolute atomic E-state index is 12.9. The van der Waals surface area contributed by atoms with Crippen LogP contribution >= 0.6 is 11.8 Å². The zero-order valence-corrected chi connectivity index (χ0v) is 9.72. The van der Waals surface area contributed by atoms with E-state index in [9.17, 15) is 4.39 Å². The van der Waals surface area contributed by atoms with E-state index < -0.39 is 0 Å². The molecule has 0 aliphatic carbocycles. The summed E-state index contributed by atoms with van der Waals surface area (Å²) in [6.07, 6.45) is 0. The average molecular weight is 233 g/mol. The van der Waals surface area contributed by atoms with Crippen molar-refractivity contribution in [2.75, 3.05) is 5.73 Å². The van der Waals surface area contributed by atoms with Gasteiger partial charge in [-0.05, 0) is 37.3 Å². The zero-order chi connectivity index (χ0) is 11.5. The first kappa shape index (κ1) is 11.0. The summed E-state index contributed by atoms with van der Waals surface area (Å²) < 4.78 is 12.9. The predicted molar refractivity (Wildman–Crippen MR) is 66.1 cm³/mol. The molecule has 3 heteroatoms. The fraction of sp³-hybridized carbons (Fsp3) is 0.0769. The van der Waals surface area contributed by atoms with E-state index in [4.69, 9.17) is 5.73 Å². The second-order valence-electron chi connectivity index (χ2n) is 3.60. The van der Waals surface area contributed by atoms with Crippen LogP contribution in [0.3, 0.4) is 0 Å². The number of aryl methyl sites for hydroxylation is 1. The number of hydrogen-bond donors (Lipinski definition) is 1. The molecule has 0 radical (unpaired) electrons. The highest BCUT2D eigenvalue weighted by Crippen LogP contribution is 2.32. The van der Waals surface area contributed by atoms with Gasteiger partial charge in [0.25, 0.3) is 0 Å². The van der Waals surface area contributed by atoms with Crippen molar-refractivity contribution in [2.45, 2.75) is 16.7 Å². The van der Waals surface area contributed by atoms with Crippen LogP contribution in [0.15, 0.2) is 52.3 Å². The zero-order valence-electron chi connectivity index (χ0n) is 8.91. The monoisotopic (exact) mass is 233 g/mol. The molecule has 0 aliphatic rings. The number of benzene rings is 2. The van der Waals surface area contributed by atoms with E-state index in [2.05, 4.69) is 6.07 Å². The predicted octanol–water partition coefficient (Wildman–Crippen LogP) is 3.87. The van der Waals surface area contributed by atoms with Crippen LogP contribution in [0, 0.1) is 12.7 Å². The van der Waals surface area contributed by atoms with Gasteiger partial charge in [0.05, 0.1) is 0 Å². The van der Waals surface area contributed by atoms with Gasteiger partial charge < -0.3 is 5.73 Å². The van der Waals surface area contributed by atoms with Crippen molar-refractivity contribution >= 4 is 17.4 Å². The third-order valence-corrected chi connectivity index (χ3v) is 3.27. The molecule has 0 aliphatic heterocycles. The summed E-state index contributed by atoms with van der Waals surface area (Å²) in [6, 6.07) is 12.6. The highest BCUT2D eigenvalue weighted by molar-refractivity contribution is 7.99. The summed E-state index contributed by atoms with van der Waals surface area (Å²) in [6.45, 7) is 2.04. The first-order valence-corrected chi connectivity index (χ1v) is 5.76. The van der Waals surface area contributed by atoms with E-state index >= 15 is 0 Å². The maximum atomic E-state index is 12.9. The van der Waals surface area contributed by atoms with E-state index in [1.807, 2.05) is 25.1 Å². The minimum atomic E-state index is -0.300. The van der Waals surface area contributed by atoms with Crippen LogP contribution in [0.25, 0.3) is 0 Å². The summed E-state index contributed by atoms with van der Waals surface area (Å²) in [5.41, 5.74) is 7.42. The lowest BCUT2D eigenvalue weighted by atomic mass is 10.2. The molecule has 2 aromatic carbocycles. The summed E-state index contributed by atoms with van der Waals surface area (Å²) in [4.78, 5) is 1.99. The molecule has 2 aromatic rings. The van der Waals surface area contributed by atoms with Gasteiger partial charge in [-0.3, -0.25) is 0 Å². The van der Waals surface area contributed by atoms with Crippen molar-refractivity contribution in [1.82, 2.24) is 0 Å². The van der Waals surface area contributed by atoms with Gasteiger partial charge in [-0.25, -0.2) is 4.39 Å². The minimum Gasteiger partial charge on any atom is -0.398 e. The highest BCUT2D eigenvalue weighted by Gasteiger charge is 2.03. The lowest BCUT2D eigenvalue weighted by Gasteiger charge is -2.05. The van der Waals surface area contributed by atoms with E-state index in [1.165, 1.54) is 17.7 Å². The quantitative estimate of drug-likeness (QED) is 0.797. The van der Waals surface area contributed by atoms with Gasteiger partial charge in [-0.1, -0.05) is 29.5 Å². The molecule has 1 nitrogen and oxygen atoms in total. The Morgan fingerprint density at radius 2 is 1.94 bits per heavy atom. The first-order chi connectivity index (χ1) is 7.65. The van der Waals surface area contributed by atoms with Gasteiger partial charge >= 0.3 is 0 Å². The largest absolute Gasteiger partial charge is 0.398 e. The number of anilines is 1. The molecular weight excluding hydrogens is 221 g/mol. The molecule has 82 valence electrons. The highest BCUT2D eigenvalue weighted by atomic mass is 32.2. The van der Waals surface area contributed by atoms with Crippen molar-refractivity contribution in [1.29, 1.82) is 0 Å². The van der Waals surface area contributed by atoms with Crippen LogP contribution in [0.5, 0.6) is 0 Å². The van der Waals surface area contributed by atoms with E-state index in [0.717, 1.165) is 9.79 Å². The minimum absolute atomic E-state index is 0.300. The average Bonchev–Trinajstić information content (AvgIpc) is 2.22. The second-order valence-corrected chi connectivity index (χ2v) is 4.72. The normalized spacial score (nSPS) is 10.4. The van der Waals surface area contributed by atoms with Crippen molar-refractivity contribution in [3.8, 4) is 0 Å². The van der Waals surface area contributed by atoms with Crippen molar-refractivity contribution in [3.05, 3.63) is 53.8 Å². The Bertz CT molecular complexity index is 511. The Morgan fingerprint density at radius 3 is 2.62 bits per heavy atom. The molecule has 2 N–H and O–H groups in total. The van der Waals surface area contributed by atoms with E-state index in [-0.39, 0.29) is 5.82 Å². The van der Waals surface area contributed by atoms with Crippen LogP contribution in [0.2, 0.25) is 0 Å². The second kappa shape index (κ2) is 4.58. The molecule has 0 bridgehead atoms. The molecule has 0 amide bonds. The lowest BCUT2D eigenvalue weighted by Crippen LogP contribution is -1.89. The number of nitrogen functional groups attached to an aromatic ring is 1. The van der Waals surface area contributed by atoms with Gasteiger partial charge in [0, 0.05) is 15.5 Å². The van der Waals surface area contributed by atoms with Crippen LogP contribution in [0.1, 0.15) is 5.56 Å². The van der Waals surface area contributed by atoms with Crippen molar-refractivity contribution < 1.29 is 4.39 Å². The van der Waals surface area contributed by atoms with Gasteiger partial charge in [-0.15, -0.1) is 0 Å². The summed E-state index contributed by atoms with van der Waals surface area (Å²) in [5, 5.41) is 0. The Kier molecular flexibility index (Phi) is 3.15. The Morgan fingerprint density at radius 1 is 1.12 bits per heavy atom. The molecule has 0 fully saturated rings. The third-order valence-electron chi connectivity index (χ3n) is 2.19. The van der Waals surface area contributed by atoms with Crippen molar-refractivity contribution in [3.63, 3.8) is 0 Å². The molecule has 0 saturated heterocycles. The molecule has 0 atom stereocenters. The topological polar surface area (TPSA) is 26.0 Å². The molecule has 0 unspecified atom stereocenters. The van der Waals surface area contributed by atoms with Gasteiger partial charge in [0.15, 0.2) is 0 Å². The number of hydrogen-bond acceptors (Lipinski definition) is 2. The maximum Gasteiger partial charge on any atom is 0.125 e. The summed E-state index contributed by atoms with van der Waals surface area (Å²) in [5.74, 6) is -0.300. The molecular formula is C13H12FNS. The number of rotatable bonds is 2. The summed E-state index contributed by atoms with van der Waals surface area (Å²) in [7, 11) is 0. The van der Waals surface area contributed by atoms with Gasteiger partial charge in [0.1, 0.15) is 5.82 Å².